The first-order valence-corrected chi connectivity index (χ1v) is 9.85. The van der Waals surface area contributed by atoms with Crippen LogP contribution in [0.4, 0.5) is 0 Å². The third-order valence-corrected chi connectivity index (χ3v) is 6.33. The average Bonchev–Trinajstić information content (AvgIpc) is 3.07. The maximum absolute atomic E-state index is 12.9. The van der Waals surface area contributed by atoms with Crippen LogP contribution in [0.2, 0.25) is 0 Å². The van der Waals surface area contributed by atoms with Gasteiger partial charge in [-0.05, 0) is 31.2 Å². The summed E-state index contributed by atoms with van der Waals surface area (Å²) in [5, 5.41) is 1.73. The Labute approximate surface area is 139 Å². The van der Waals surface area contributed by atoms with Crippen molar-refractivity contribution in [1.82, 2.24) is 9.55 Å². The molecule has 0 radical (unpaired) electrons. The quantitative estimate of drug-likeness (QED) is 0.325. The second kappa shape index (κ2) is 7.01. The topological polar surface area (TPSA) is 34.9 Å². The summed E-state index contributed by atoms with van der Waals surface area (Å²) in [4.78, 5) is 20.0. The summed E-state index contributed by atoms with van der Waals surface area (Å²) in [6.45, 7) is 6.54. The highest BCUT2D eigenvalue weighted by Crippen LogP contribution is 2.35. The number of aryl methyl sites for hydroxylation is 2. The molecule has 1 aliphatic rings. The summed E-state index contributed by atoms with van der Waals surface area (Å²) in [6.07, 6.45) is 8.71. The van der Waals surface area contributed by atoms with Gasteiger partial charge in [0.1, 0.15) is 4.83 Å². The van der Waals surface area contributed by atoms with Crippen molar-refractivity contribution in [2.45, 2.75) is 57.1 Å². The standard InChI is InChI=1S/C17H22N2OS2/c1-3-5-6-11-21-17-18-15-14(16(20)19(17)10-4-2)12-8-7-9-13(12)22-15/h4H,2-3,5-11H2,1H3. The summed E-state index contributed by atoms with van der Waals surface area (Å²) in [7, 11) is 0. The number of nitrogens with zero attached hydrogens (tertiary/aromatic N) is 2. The summed E-state index contributed by atoms with van der Waals surface area (Å²) < 4.78 is 1.80. The van der Waals surface area contributed by atoms with Gasteiger partial charge in [-0.15, -0.1) is 17.9 Å². The fraction of sp³-hybridized carbons (Fsp3) is 0.529. The van der Waals surface area contributed by atoms with E-state index in [9.17, 15) is 4.79 Å². The lowest BCUT2D eigenvalue weighted by Gasteiger charge is -2.10. The van der Waals surface area contributed by atoms with Crippen LogP contribution in [0.5, 0.6) is 0 Å². The van der Waals surface area contributed by atoms with E-state index in [1.165, 1.54) is 36.1 Å². The van der Waals surface area contributed by atoms with Crippen LogP contribution in [0.25, 0.3) is 10.2 Å². The molecule has 0 saturated heterocycles. The molecule has 2 aromatic rings. The van der Waals surface area contributed by atoms with Crippen LogP contribution in [0.3, 0.4) is 0 Å². The van der Waals surface area contributed by atoms with E-state index in [0.29, 0.717) is 6.54 Å². The Morgan fingerprint density at radius 2 is 2.27 bits per heavy atom. The molecule has 5 heteroatoms. The minimum absolute atomic E-state index is 0.127. The molecule has 0 aliphatic heterocycles. The Morgan fingerprint density at radius 1 is 1.41 bits per heavy atom. The Bertz CT molecular complexity index is 745. The molecule has 0 unspecified atom stereocenters. The Kier molecular flexibility index (Phi) is 5.03. The molecule has 118 valence electrons. The number of aromatic nitrogens is 2. The zero-order chi connectivity index (χ0) is 15.5. The van der Waals surface area contributed by atoms with Gasteiger partial charge in [0.2, 0.25) is 0 Å². The number of hydrogen-bond donors (Lipinski definition) is 0. The number of hydrogen-bond acceptors (Lipinski definition) is 4. The van der Waals surface area contributed by atoms with Crippen LogP contribution in [0.15, 0.2) is 22.6 Å². The van der Waals surface area contributed by atoms with Gasteiger partial charge in [-0.25, -0.2) is 4.98 Å². The van der Waals surface area contributed by atoms with Crippen molar-refractivity contribution in [3.8, 4) is 0 Å². The van der Waals surface area contributed by atoms with Crippen molar-refractivity contribution in [1.29, 1.82) is 0 Å². The van der Waals surface area contributed by atoms with Crippen molar-refractivity contribution < 1.29 is 0 Å². The summed E-state index contributed by atoms with van der Waals surface area (Å²) in [5.74, 6) is 1.02. The molecule has 2 aromatic heterocycles. The van der Waals surface area contributed by atoms with E-state index < -0.39 is 0 Å². The molecule has 3 nitrogen and oxygen atoms in total. The molecule has 22 heavy (non-hydrogen) atoms. The molecule has 1 aliphatic carbocycles. The zero-order valence-corrected chi connectivity index (χ0v) is 14.7. The Morgan fingerprint density at radius 3 is 3.05 bits per heavy atom. The number of thiophene rings is 1. The summed E-state index contributed by atoms with van der Waals surface area (Å²) in [5.41, 5.74) is 1.39. The van der Waals surface area contributed by atoms with Crippen molar-refractivity contribution in [3.63, 3.8) is 0 Å². The lowest BCUT2D eigenvalue weighted by Crippen LogP contribution is -2.23. The SMILES string of the molecule is C=CCn1c(SCCCCC)nc2sc3c(c2c1=O)CCC3. The van der Waals surface area contributed by atoms with Crippen LogP contribution in [-0.4, -0.2) is 15.3 Å². The fourth-order valence-electron chi connectivity index (χ4n) is 2.97. The van der Waals surface area contributed by atoms with Crippen molar-refractivity contribution in [3.05, 3.63) is 33.4 Å². The van der Waals surface area contributed by atoms with E-state index in [-0.39, 0.29) is 5.56 Å². The molecule has 2 heterocycles. The van der Waals surface area contributed by atoms with Gasteiger partial charge in [-0.3, -0.25) is 9.36 Å². The zero-order valence-electron chi connectivity index (χ0n) is 13.1. The number of thioether (sulfide) groups is 1. The third kappa shape index (κ3) is 2.88. The van der Waals surface area contributed by atoms with E-state index >= 15 is 0 Å². The van der Waals surface area contributed by atoms with Gasteiger partial charge in [0.15, 0.2) is 5.16 Å². The molecule has 0 saturated carbocycles. The van der Waals surface area contributed by atoms with E-state index in [2.05, 4.69) is 13.5 Å². The van der Waals surface area contributed by atoms with Crippen LogP contribution < -0.4 is 5.56 Å². The van der Waals surface area contributed by atoms with E-state index in [1.807, 2.05) is 0 Å². The predicted molar refractivity (Wildman–Crippen MR) is 96.4 cm³/mol. The van der Waals surface area contributed by atoms with Gasteiger partial charge >= 0.3 is 0 Å². The second-order valence-electron chi connectivity index (χ2n) is 5.69. The molecule has 0 N–H and O–H groups in total. The first-order valence-electron chi connectivity index (χ1n) is 8.05. The van der Waals surface area contributed by atoms with Gasteiger partial charge in [0.05, 0.1) is 5.39 Å². The van der Waals surface area contributed by atoms with E-state index in [0.717, 1.165) is 34.0 Å². The van der Waals surface area contributed by atoms with Gasteiger partial charge in [-0.1, -0.05) is 37.6 Å². The fourth-order valence-corrected chi connectivity index (χ4v) is 5.28. The first-order chi connectivity index (χ1) is 10.8. The third-order valence-electron chi connectivity index (χ3n) is 4.08. The minimum Gasteiger partial charge on any atom is -0.283 e. The van der Waals surface area contributed by atoms with Gasteiger partial charge in [0, 0.05) is 17.2 Å². The first kappa shape index (κ1) is 15.8. The minimum atomic E-state index is 0.127. The van der Waals surface area contributed by atoms with Gasteiger partial charge in [0.25, 0.3) is 5.56 Å². The summed E-state index contributed by atoms with van der Waals surface area (Å²) >= 11 is 3.43. The molecule has 0 atom stereocenters. The van der Waals surface area contributed by atoms with E-state index in [1.54, 1.807) is 33.7 Å². The second-order valence-corrected chi connectivity index (χ2v) is 7.84. The Balaban J connectivity index is 2.01. The summed E-state index contributed by atoms with van der Waals surface area (Å²) in [6, 6.07) is 0. The molecular weight excluding hydrogens is 312 g/mol. The van der Waals surface area contributed by atoms with Crippen molar-refractivity contribution in [2.75, 3.05) is 5.75 Å². The highest BCUT2D eigenvalue weighted by Gasteiger charge is 2.22. The lowest BCUT2D eigenvalue weighted by molar-refractivity contribution is 0.670. The maximum atomic E-state index is 12.9. The Hall–Kier alpha value is -1.07. The van der Waals surface area contributed by atoms with Crippen molar-refractivity contribution >= 4 is 33.3 Å². The van der Waals surface area contributed by atoms with Crippen LogP contribution in [0.1, 0.15) is 43.0 Å². The highest BCUT2D eigenvalue weighted by atomic mass is 32.2. The monoisotopic (exact) mass is 334 g/mol. The van der Waals surface area contributed by atoms with Crippen molar-refractivity contribution in [2.24, 2.45) is 0 Å². The van der Waals surface area contributed by atoms with Crippen LogP contribution in [0, 0.1) is 0 Å². The number of allylic oxidation sites excluding steroid dienone is 1. The average molecular weight is 335 g/mol. The molecule has 0 bridgehead atoms. The molecule has 0 fully saturated rings. The largest absolute Gasteiger partial charge is 0.283 e. The maximum Gasteiger partial charge on any atom is 0.263 e. The molecular formula is C17H22N2OS2. The smallest absolute Gasteiger partial charge is 0.263 e. The molecule has 3 rings (SSSR count). The van der Waals surface area contributed by atoms with Gasteiger partial charge in [-0.2, -0.15) is 0 Å². The number of rotatable bonds is 7. The molecule has 0 aromatic carbocycles. The molecule has 0 spiro atoms. The lowest BCUT2D eigenvalue weighted by atomic mass is 10.2. The number of fused-ring (bicyclic) bond motifs is 3. The normalized spacial score (nSPS) is 13.7. The van der Waals surface area contributed by atoms with Crippen LogP contribution >= 0.6 is 23.1 Å². The van der Waals surface area contributed by atoms with Crippen LogP contribution in [-0.2, 0) is 19.4 Å². The van der Waals surface area contributed by atoms with E-state index in [4.69, 9.17) is 4.98 Å². The highest BCUT2D eigenvalue weighted by molar-refractivity contribution is 7.99. The number of unbranched alkanes of at least 4 members (excludes halogenated alkanes) is 2. The van der Waals surface area contributed by atoms with Gasteiger partial charge < -0.3 is 0 Å². The predicted octanol–water partition coefficient (Wildman–Crippen LogP) is 4.42. The molecule has 0 amide bonds.